The van der Waals surface area contributed by atoms with Crippen molar-refractivity contribution >= 4 is 5.91 Å². The molecule has 1 aromatic carbocycles. The molecule has 2 N–H and O–H groups in total. The lowest BCUT2D eigenvalue weighted by Gasteiger charge is -2.26. The summed E-state index contributed by atoms with van der Waals surface area (Å²) in [5.74, 6) is 0.495. The Labute approximate surface area is 154 Å². The Balaban J connectivity index is 2.34. The minimum atomic E-state index is 0.123. The van der Waals surface area contributed by atoms with Gasteiger partial charge in [0.2, 0.25) is 5.91 Å². The van der Waals surface area contributed by atoms with Crippen molar-refractivity contribution in [2.45, 2.75) is 85.5 Å². The standard InChI is InChI=1S/C22H37NO2/c1-5-8-10-19-17-18(11-13-20(19)24)12-14-21(25)23-16-9-15-22(4,6-2)7-3/h11,13,17,24H,5-10,12,14-16H2,1-4H3,(H,23,25). The van der Waals surface area contributed by atoms with Crippen LogP contribution in [-0.2, 0) is 17.6 Å². The van der Waals surface area contributed by atoms with Crippen LogP contribution in [0, 0.1) is 5.41 Å². The number of hydrogen-bond donors (Lipinski definition) is 2. The third-order valence-electron chi connectivity index (χ3n) is 5.57. The van der Waals surface area contributed by atoms with Crippen molar-refractivity contribution in [3.63, 3.8) is 0 Å². The van der Waals surface area contributed by atoms with E-state index in [1.165, 1.54) is 19.3 Å². The number of phenols is 1. The lowest BCUT2D eigenvalue weighted by Crippen LogP contribution is -2.26. The van der Waals surface area contributed by atoms with E-state index in [4.69, 9.17) is 0 Å². The van der Waals surface area contributed by atoms with Crippen LogP contribution in [0.2, 0.25) is 0 Å². The van der Waals surface area contributed by atoms with Crippen molar-refractivity contribution in [2.75, 3.05) is 6.54 Å². The second kappa shape index (κ2) is 11.2. The Bertz CT molecular complexity index is 521. The molecule has 0 saturated carbocycles. The third-order valence-corrected chi connectivity index (χ3v) is 5.57. The highest BCUT2D eigenvalue weighted by Crippen LogP contribution is 2.30. The molecule has 0 unspecified atom stereocenters. The van der Waals surface area contributed by atoms with Crippen LogP contribution in [0.4, 0.5) is 0 Å². The molecular weight excluding hydrogens is 310 g/mol. The van der Waals surface area contributed by atoms with E-state index in [2.05, 4.69) is 33.0 Å². The Morgan fingerprint density at radius 3 is 2.48 bits per heavy atom. The van der Waals surface area contributed by atoms with E-state index >= 15 is 0 Å². The minimum absolute atomic E-state index is 0.123. The monoisotopic (exact) mass is 347 g/mol. The molecule has 142 valence electrons. The summed E-state index contributed by atoms with van der Waals surface area (Å²) in [6, 6.07) is 5.73. The normalized spacial score (nSPS) is 11.5. The molecule has 0 radical (unpaired) electrons. The van der Waals surface area contributed by atoms with Crippen molar-refractivity contribution in [2.24, 2.45) is 5.41 Å². The summed E-state index contributed by atoms with van der Waals surface area (Å²) in [5, 5.41) is 13.0. The number of hydrogen-bond acceptors (Lipinski definition) is 2. The summed E-state index contributed by atoms with van der Waals surface area (Å²) < 4.78 is 0. The van der Waals surface area contributed by atoms with Crippen LogP contribution >= 0.6 is 0 Å². The predicted octanol–water partition coefficient (Wildman–Crippen LogP) is 5.39. The summed E-state index contributed by atoms with van der Waals surface area (Å²) in [5.41, 5.74) is 2.54. The fourth-order valence-electron chi connectivity index (χ4n) is 3.05. The molecule has 1 aromatic rings. The van der Waals surface area contributed by atoms with Crippen LogP contribution in [0.1, 0.15) is 83.8 Å². The largest absolute Gasteiger partial charge is 0.508 e. The number of aryl methyl sites for hydroxylation is 2. The Morgan fingerprint density at radius 1 is 1.12 bits per heavy atom. The lowest BCUT2D eigenvalue weighted by molar-refractivity contribution is -0.121. The first kappa shape index (κ1) is 21.5. The number of unbranched alkanes of at least 4 members (excludes halogenated alkanes) is 1. The molecule has 0 bridgehead atoms. The number of nitrogens with one attached hydrogen (secondary N) is 1. The van der Waals surface area contributed by atoms with Crippen LogP contribution < -0.4 is 5.32 Å². The zero-order chi connectivity index (χ0) is 18.7. The zero-order valence-electron chi connectivity index (χ0n) is 16.7. The van der Waals surface area contributed by atoms with E-state index in [0.717, 1.165) is 49.8 Å². The number of aromatic hydroxyl groups is 1. The smallest absolute Gasteiger partial charge is 0.220 e. The predicted molar refractivity (Wildman–Crippen MR) is 106 cm³/mol. The fourth-order valence-corrected chi connectivity index (χ4v) is 3.05. The summed E-state index contributed by atoms with van der Waals surface area (Å²) in [6.07, 6.45) is 8.92. The molecular formula is C22H37NO2. The highest BCUT2D eigenvalue weighted by molar-refractivity contribution is 5.76. The zero-order valence-corrected chi connectivity index (χ0v) is 16.7. The molecule has 1 rings (SSSR count). The van der Waals surface area contributed by atoms with Crippen LogP contribution in [0.5, 0.6) is 5.75 Å². The van der Waals surface area contributed by atoms with Crippen molar-refractivity contribution in [1.29, 1.82) is 0 Å². The maximum absolute atomic E-state index is 12.0. The van der Waals surface area contributed by atoms with Gasteiger partial charge in [-0.2, -0.15) is 0 Å². The lowest BCUT2D eigenvalue weighted by atomic mass is 9.80. The van der Waals surface area contributed by atoms with Crippen molar-refractivity contribution in [3.05, 3.63) is 29.3 Å². The molecule has 0 aromatic heterocycles. The first-order chi connectivity index (χ1) is 11.9. The number of carbonyl (C=O) groups excluding carboxylic acids is 1. The molecule has 0 heterocycles. The van der Waals surface area contributed by atoms with Crippen LogP contribution in [0.25, 0.3) is 0 Å². The van der Waals surface area contributed by atoms with Gasteiger partial charge in [0.05, 0.1) is 0 Å². The van der Waals surface area contributed by atoms with Gasteiger partial charge in [-0.25, -0.2) is 0 Å². The van der Waals surface area contributed by atoms with Gasteiger partial charge >= 0.3 is 0 Å². The van der Waals surface area contributed by atoms with Gasteiger partial charge in [0.15, 0.2) is 0 Å². The van der Waals surface area contributed by atoms with Crippen LogP contribution in [0.15, 0.2) is 18.2 Å². The molecule has 0 aliphatic rings. The Hall–Kier alpha value is -1.51. The molecule has 25 heavy (non-hydrogen) atoms. The van der Waals surface area contributed by atoms with Gasteiger partial charge in [-0.3, -0.25) is 4.79 Å². The van der Waals surface area contributed by atoms with E-state index in [9.17, 15) is 9.90 Å². The number of amides is 1. The van der Waals surface area contributed by atoms with Gasteiger partial charge in [0.25, 0.3) is 0 Å². The molecule has 0 saturated heterocycles. The highest BCUT2D eigenvalue weighted by Gasteiger charge is 2.18. The van der Waals surface area contributed by atoms with Gasteiger partial charge in [-0.1, -0.05) is 59.1 Å². The number of benzene rings is 1. The van der Waals surface area contributed by atoms with Gasteiger partial charge in [-0.15, -0.1) is 0 Å². The molecule has 0 aliphatic heterocycles. The van der Waals surface area contributed by atoms with Crippen molar-refractivity contribution in [3.8, 4) is 5.75 Å². The molecule has 0 spiro atoms. The van der Waals surface area contributed by atoms with E-state index in [1.807, 2.05) is 12.1 Å². The van der Waals surface area contributed by atoms with Gasteiger partial charge in [0.1, 0.15) is 5.75 Å². The number of rotatable bonds is 12. The van der Waals surface area contributed by atoms with Gasteiger partial charge in [-0.05, 0) is 54.7 Å². The summed E-state index contributed by atoms with van der Waals surface area (Å²) >= 11 is 0. The first-order valence-electron chi connectivity index (χ1n) is 10.0. The molecule has 3 heteroatoms. The third kappa shape index (κ3) is 7.94. The quantitative estimate of drug-likeness (QED) is 0.498. The van der Waals surface area contributed by atoms with E-state index in [1.54, 1.807) is 6.07 Å². The Morgan fingerprint density at radius 2 is 1.84 bits per heavy atom. The van der Waals surface area contributed by atoms with E-state index in [-0.39, 0.29) is 5.91 Å². The maximum Gasteiger partial charge on any atom is 0.220 e. The average Bonchev–Trinajstić information content (AvgIpc) is 2.63. The second-order valence-electron chi connectivity index (χ2n) is 7.54. The summed E-state index contributed by atoms with van der Waals surface area (Å²) in [6.45, 7) is 9.74. The molecule has 0 aliphatic carbocycles. The van der Waals surface area contributed by atoms with E-state index < -0.39 is 0 Å². The SMILES string of the molecule is CCCCc1cc(CCC(=O)NCCCC(C)(CC)CC)ccc1O. The van der Waals surface area contributed by atoms with Gasteiger partial charge in [0, 0.05) is 13.0 Å². The fraction of sp³-hybridized carbons (Fsp3) is 0.682. The van der Waals surface area contributed by atoms with Gasteiger partial charge < -0.3 is 10.4 Å². The number of phenolic OH excluding ortho intramolecular Hbond substituents is 1. The van der Waals surface area contributed by atoms with Crippen molar-refractivity contribution < 1.29 is 9.90 Å². The Kier molecular flexibility index (Phi) is 9.62. The number of carbonyl (C=O) groups is 1. The van der Waals surface area contributed by atoms with Crippen molar-refractivity contribution in [1.82, 2.24) is 5.32 Å². The summed E-state index contributed by atoms with van der Waals surface area (Å²) in [7, 11) is 0. The minimum Gasteiger partial charge on any atom is -0.508 e. The molecule has 1 amide bonds. The molecule has 0 atom stereocenters. The molecule has 0 fully saturated rings. The second-order valence-corrected chi connectivity index (χ2v) is 7.54. The molecule has 3 nitrogen and oxygen atoms in total. The topological polar surface area (TPSA) is 49.3 Å². The average molecular weight is 348 g/mol. The van der Waals surface area contributed by atoms with Crippen LogP contribution in [-0.4, -0.2) is 17.6 Å². The highest BCUT2D eigenvalue weighted by atomic mass is 16.3. The van der Waals surface area contributed by atoms with Crippen LogP contribution in [0.3, 0.4) is 0 Å². The first-order valence-corrected chi connectivity index (χ1v) is 10.0. The van der Waals surface area contributed by atoms with E-state index in [0.29, 0.717) is 17.6 Å². The summed E-state index contributed by atoms with van der Waals surface area (Å²) in [4.78, 5) is 12.0. The maximum atomic E-state index is 12.0.